The summed E-state index contributed by atoms with van der Waals surface area (Å²) in [6.07, 6.45) is -3.65. The Balaban J connectivity index is 2.08. The van der Waals surface area contributed by atoms with Gasteiger partial charge in [-0.2, -0.15) is 13.2 Å². The maximum absolute atomic E-state index is 12.4. The number of alkyl halides is 3. The summed E-state index contributed by atoms with van der Waals surface area (Å²) in [6.45, 7) is 2.55. The fraction of sp³-hybridized carbons (Fsp3) is 0.267. The predicted octanol–water partition coefficient (Wildman–Crippen LogP) is 3.95. The average Bonchev–Trinajstić information content (AvgIpc) is 2.47. The molecule has 0 saturated carbocycles. The Morgan fingerprint density at radius 3 is 2.29 bits per heavy atom. The number of hydrogen-bond donors (Lipinski definition) is 1. The van der Waals surface area contributed by atoms with Crippen LogP contribution in [0.5, 0.6) is 11.6 Å². The lowest BCUT2D eigenvalue weighted by Gasteiger charge is -2.10. The number of nitrogens with zero attached hydrogens (tertiary/aromatic N) is 1. The van der Waals surface area contributed by atoms with Crippen LogP contribution in [0.15, 0.2) is 42.6 Å². The first kappa shape index (κ1) is 15.3. The molecule has 0 aliphatic heterocycles. The van der Waals surface area contributed by atoms with E-state index in [1.807, 2.05) is 19.1 Å². The molecule has 2 N–H and O–H groups in total. The highest BCUT2D eigenvalue weighted by Crippen LogP contribution is 2.30. The number of hydrogen-bond acceptors (Lipinski definition) is 3. The zero-order valence-corrected chi connectivity index (χ0v) is 11.4. The Morgan fingerprint density at radius 1 is 1.14 bits per heavy atom. The predicted molar refractivity (Wildman–Crippen MR) is 73.2 cm³/mol. The first-order chi connectivity index (χ1) is 9.90. The first-order valence-electron chi connectivity index (χ1n) is 6.41. The second-order valence-corrected chi connectivity index (χ2v) is 4.69. The molecule has 0 aliphatic carbocycles. The van der Waals surface area contributed by atoms with E-state index >= 15 is 0 Å². The normalized spacial score (nSPS) is 13.0. The van der Waals surface area contributed by atoms with Crippen LogP contribution < -0.4 is 10.5 Å². The minimum Gasteiger partial charge on any atom is -0.439 e. The van der Waals surface area contributed by atoms with Crippen LogP contribution in [0.25, 0.3) is 0 Å². The molecule has 0 amide bonds. The molecule has 0 bridgehead atoms. The zero-order valence-electron chi connectivity index (χ0n) is 11.4. The summed E-state index contributed by atoms with van der Waals surface area (Å²) >= 11 is 0. The monoisotopic (exact) mass is 296 g/mol. The van der Waals surface area contributed by atoms with Crippen LogP contribution in [0.4, 0.5) is 13.2 Å². The van der Waals surface area contributed by atoms with E-state index in [9.17, 15) is 13.2 Å². The third-order valence-corrected chi connectivity index (χ3v) is 3.09. The molecule has 0 saturated heterocycles. The van der Waals surface area contributed by atoms with Gasteiger partial charge in [0.05, 0.1) is 5.56 Å². The first-order valence-corrected chi connectivity index (χ1v) is 6.41. The van der Waals surface area contributed by atoms with Crippen molar-refractivity contribution in [2.75, 3.05) is 6.54 Å². The molecular weight excluding hydrogens is 281 g/mol. The van der Waals surface area contributed by atoms with Crippen molar-refractivity contribution in [3.8, 4) is 11.6 Å². The van der Waals surface area contributed by atoms with Gasteiger partial charge in [-0.05, 0) is 36.2 Å². The lowest BCUT2D eigenvalue weighted by molar-refractivity contribution is -0.137. The van der Waals surface area contributed by atoms with Crippen LogP contribution in [0, 0.1) is 0 Å². The number of nitrogens with two attached hydrogens (primary N) is 1. The molecule has 0 fully saturated rings. The maximum atomic E-state index is 12.4. The van der Waals surface area contributed by atoms with Crippen molar-refractivity contribution < 1.29 is 17.9 Å². The van der Waals surface area contributed by atoms with Crippen molar-refractivity contribution in [1.82, 2.24) is 4.98 Å². The smallest absolute Gasteiger partial charge is 0.417 e. The third-order valence-electron chi connectivity index (χ3n) is 3.09. The van der Waals surface area contributed by atoms with E-state index in [-0.39, 0.29) is 11.8 Å². The van der Waals surface area contributed by atoms with E-state index in [1.54, 1.807) is 12.1 Å². The summed E-state index contributed by atoms with van der Waals surface area (Å²) in [5.74, 6) is 0.862. The molecule has 6 heteroatoms. The second kappa shape index (κ2) is 6.13. The Bertz CT molecular complexity index is 579. The molecule has 0 radical (unpaired) electrons. The van der Waals surface area contributed by atoms with Gasteiger partial charge in [0.1, 0.15) is 5.75 Å². The third kappa shape index (κ3) is 3.95. The van der Waals surface area contributed by atoms with Gasteiger partial charge in [-0.15, -0.1) is 0 Å². The van der Waals surface area contributed by atoms with E-state index in [2.05, 4.69) is 4.98 Å². The molecular formula is C15H15F3N2O. The van der Waals surface area contributed by atoms with Crippen molar-refractivity contribution in [1.29, 1.82) is 0 Å². The summed E-state index contributed by atoms with van der Waals surface area (Å²) in [5.41, 5.74) is 5.85. The lowest BCUT2D eigenvalue weighted by atomic mass is 10.0. The van der Waals surface area contributed by atoms with Crippen molar-refractivity contribution in [3.63, 3.8) is 0 Å². The van der Waals surface area contributed by atoms with Crippen LogP contribution in [0.3, 0.4) is 0 Å². The molecule has 1 unspecified atom stereocenters. The minimum atomic E-state index is -4.40. The van der Waals surface area contributed by atoms with Gasteiger partial charge in [-0.3, -0.25) is 0 Å². The quantitative estimate of drug-likeness (QED) is 0.929. The van der Waals surface area contributed by atoms with Crippen LogP contribution in [0.2, 0.25) is 0 Å². The number of rotatable bonds is 4. The summed E-state index contributed by atoms with van der Waals surface area (Å²) in [4.78, 5) is 3.65. The summed E-state index contributed by atoms with van der Waals surface area (Å²) < 4.78 is 42.6. The van der Waals surface area contributed by atoms with Crippen molar-refractivity contribution in [2.24, 2.45) is 5.73 Å². The Kier molecular flexibility index (Phi) is 4.47. The summed E-state index contributed by atoms with van der Waals surface area (Å²) in [7, 11) is 0. The van der Waals surface area contributed by atoms with E-state index < -0.39 is 11.7 Å². The van der Waals surface area contributed by atoms with Gasteiger partial charge in [0, 0.05) is 12.3 Å². The SMILES string of the molecule is CC(CN)c1ccc(Oc2ccc(C(F)(F)F)cn2)cc1. The number of aromatic nitrogens is 1. The molecule has 1 aromatic carbocycles. The molecule has 2 aromatic rings. The zero-order chi connectivity index (χ0) is 15.5. The minimum absolute atomic E-state index is 0.114. The molecule has 1 atom stereocenters. The van der Waals surface area contributed by atoms with Crippen molar-refractivity contribution in [2.45, 2.75) is 19.0 Å². The standard InChI is InChI=1S/C15H15F3N2O/c1-10(8-19)11-2-5-13(6-3-11)21-14-7-4-12(9-20-14)15(16,17)18/h2-7,9-10H,8,19H2,1H3. The molecule has 3 nitrogen and oxygen atoms in total. The van der Waals surface area contributed by atoms with E-state index in [4.69, 9.17) is 10.5 Å². The largest absolute Gasteiger partial charge is 0.439 e. The Hall–Kier alpha value is -2.08. The number of benzene rings is 1. The number of halogens is 3. The van der Waals surface area contributed by atoms with Gasteiger partial charge in [-0.25, -0.2) is 4.98 Å². The van der Waals surface area contributed by atoms with E-state index in [0.717, 1.165) is 17.8 Å². The fourth-order valence-electron chi connectivity index (χ4n) is 1.73. The molecule has 112 valence electrons. The maximum Gasteiger partial charge on any atom is 0.417 e. The van der Waals surface area contributed by atoms with Crippen molar-refractivity contribution in [3.05, 3.63) is 53.7 Å². The highest BCUT2D eigenvalue weighted by Gasteiger charge is 2.30. The fourth-order valence-corrected chi connectivity index (χ4v) is 1.73. The molecule has 1 heterocycles. The Morgan fingerprint density at radius 2 is 1.81 bits per heavy atom. The highest BCUT2D eigenvalue weighted by atomic mass is 19.4. The van der Waals surface area contributed by atoms with Crippen LogP contribution in [-0.4, -0.2) is 11.5 Å². The molecule has 1 aromatic heterocycles. The van der Waals surface area contributed by atoms with E-state index in [0.29, 0.717) is 12.3 Å². The number of ether oxygens (including phenoxy) is 1. The van der Waals surface area contributed by atoms with Gasteiger partial charge in [0.25, 0.3) is 0 Å². The van der Waals surface area contributed by atoms with Gasteiger partial charge < -0.3 is 10.5 Å². The van der Waals surface area contributed by atoms with Gasteiger partial charge >= 0.3 is 6.18 Å². The topological polar surface area (TPSA) is 48.1 Å². The lowest BCUT2D eigenvalue weighted by Crippen LogP contribution is -2.08. The summed E-state index contributed by atoms with van der Waals surface area (Å²) in [5, 5.41) is 0. The molecule has 2 rings (SSSR count). The van der Waals surface area contributed by atoms with Crippen LogP contribution >= 0.6 is 0 Å². The van der Waals surface area contributed by atoms with Crippen LogP contribution in [-0.2, 0) is 6.18 Å². The van der Waals surface area contributed by atoms with Gasteiger partial charge in [0.15, 0.2) is 0 Å². The molecule has 0 aliphatic rings. The average molecular weight is 296 g/mol. The second-order valence-electron chi connectivity index (χ2n) is 4.69. The Labute approximate surface area is 120 Å². The highest BCUT2D eigenvalue weighted by molar-refractivity contribution is 5.32. The summed E-state index contributed by atoms with van der Waals surface area (Å²) in [6, 6.07) is 9.35. The molecule has 21 heavy (non-hydrogen) atoms. The molecule has 0 spiro atoms. The number of pyridine rings is 1. The van der Waals surface area contributed by atoms with Gasteiger partial charge in [0.2, 0.25) is 5.88 Å². The van der Waals surface area contributed by atoms with Crippen molar-refractivity contribution >= 4 is 0 Å². The van der Waals surface area contributed by atoms with E-state index in [1.165, 1.54) is 6.07 Å². The van der Waals surface area contributed by atoms with Gasteiger partial charge in [-0.1, -0.05) is 19.1 Å². The van der Waals surface area contributed by atoms with Crippen LogP contribution in [0.1, 0.15) is 24.0 Å².